The Labute approximate surface area is 176 Å². The van der Waals surface area contributed by atoms with E-state index in [-0.39, 0.29) is 11.2 Å². The molecule has 30 heavy (non-hydrogen) atoms. The summed E-state index contributed by atoms with van der Waals surface area (Å²) in [4.78, 5) is 35.1. The van der Waals surface area contributed by atoms with Crippen LogP contribution in [0, 0.1) is 0 Å². The molecule has 1 aromatic carbocycles. The molecule has 5 rings (SSSR count). The van der Waals surface area contributed by atoms with Crippen LogP contribution in [0.25, 0.3) is 20.4 Å². The first-order chi connectivity index (χ1) is 14.6. The molecule has 8 heteroatoms. The fourth-order valence-electron chi connectivity index (χ4n) is 4.23. The molecule has 0 radical (unpaired) electrons. The van der Waals surface area contributed by atoms with Gasteiger partial charge in [0.2, 0.25) is 0 Å². The van der Waals surface area contributed by atoms with E-state index >= 15 is 0 Å². The van der Waals surface area contributed by atoms with Gasteiger partial charge in [-0.25, -0.2) is 4.79 Å². The molecule has 7 nitrogen and oxygen atoms in total. The number of nitrogens with one attached hydrogen (secondary N) is 1. The molecular weight excluding hydrogens is 400 g/mol. The zero-order valence-corrected chi connectivity index (χ0v) is 17.4. The zero-order chi connectivity index (χ0) is 20.7. The Morgan fingerprint density at radius 2 is 2.13 bits per heavy atom. The molecule has 0 aliphatic carbocycles. The Bertz CT molecular complexity index is 1340. The number of nitrogens with zero attached hydrogens (tertiary/aromatic N) is 3. The molecule has 1 fully saturated rings. The summed E-state index contributed by atoms with van der Waals surface area (Å²) in [7, 11) is 1.68. The van der Waals surface area contributed by atoms with E-state index in [2.05, 4.69) is 27.0 Å². The van der Waals surface area contributed by atoms with Crippen LogP contribution in [0.1, 0.15) is 17.9 Å². The summed E-state index contributed by atoms with van der Waals surface area (Å²) in [5, 5.41) is 0. The standard InChI is InChI=1S/C22H22N4O3S/c1-29-16-5-2-4-14(12-16)15-7-9-25(13-15)10-11-26-21(27)20-19(24-22(26)28)18-17(30-20)6-3-8-23-18/h2-6,8,12,15H,7,9-11,13H2,1H3,(H,24,28)/t15-/m0/s1. The van der Waals surface area contributed by atoms with Crippen molar-refractivity contribution < 1.29 is 4.74 Å². The van der Waals surface area contributed by atoms with Gasteiger partial charge in [-0.15, -0.1) is 11.3 Å². The fraction of sp³-hybridized carbons (Fsp3) is 0.318. The second-order valence-electron chi connectivity index (χ2n) is 7.61. The maximum Gasteiger partial charge on any atom is 0.328 e. The van der Waals surface area contributed by atoms with Crippen molar-refractivity contribution in [2.24, 2.45) is 0 Å². The van der Waals surface area contributed by atoms with Crippen molar-refractivity contribution in [3.8, 4) is 5.75 Å². The van der Waals surface area contributed by atoms with Gasteiger partial charge in [0.05, 0.1) is 17.3 Å². The largest absolute Gasteiger partial charge is 0.497 e. The van der Waals surface area contributed by atoms with Crippen LogP contribution in [-0.2, 0) is 6.54 Å². The normalized spacial score (nSPS) is 17.2. The Hall–Kier alpha value is -2.97. The predicted octanol–water partition coefficient (Wildman–Crippen LogP) is 2.80. The maximum atomic E-state index is 13.0. The lowest BCUT2D eigenvalue weighted by Gasteiger charge is -2.17. The van der Waals surface area contributed by atoms with Gasteiger partial charge < -0.3 is 14.6 Å². The summed E-state index contributed by atoms with van der Waals surface area (Å²) in [5.74, 6) is 1.31. The lowest BCUT2D eigenvalue weighted by Crippen LogP contribution is -2.38. The van der Waals surface area contributed by atoms with Gasteiger partial charge in [0.1, 0.15) is 16.0 Å². The number of thiophene rings is 1. The van der Waals surface area contributed by atoms with Crippen LogP contribution >= 0.6 is 11.3 Å². The molecule has 0 spiro atoms. The second-order valence-corrected chi connectivity index (χ2v) is 8.66. The Morgan fingerprint density at radius 1 is 1.23 bits per heavy atom. The Morgan fingerprint density at radius 3 is 3.00 bits per heavy atom. The topological polar surface area (TPSA) is 80.2 Å². The van der Waals surface area contributed by atoms with Crippen LogP contribution in [0.4, 0.5) is 0 Å². The van der Waals surface area contributed by atoms with E-state index in [9.17, 15) is 9.59 Å². The molecule has 1 N–H and O–H groups in total. The minimum Gasteiger partial charge on any atom is -0.497 e. The van der Waals surface area contributed by atoms with E-state index in [0.29, 0.717) is 34.7 Å². The van der Waals surface area contributed by atoms with Crippen LogP contribution in [0.5, 0.6) is 5.75 Å². The fourth-order valence-corrected chi connectivity index (χ4v) is 5.30. The van der Waals surface area contributed by atoms with Gasteiger partial charge in [-0.1, -0.05) is 12.1 Å². The molecule has 154 valence electrons. The van der Waals surface area contributed by atoms with Gasteiger partial charge in [-0.2, -0.15) is 0 Å². The van der Waals surface area contributed by atoms with Crippen molar-refractivity contribution in [3.05, 3.63) is 69.0 Å². The molecule has 0 saturated carbocycles. The number of fused-ring (bicyclic) bond motifs is 3. The molecule has 4 aromatic rings. The zero-order valence-electron chi connectivity index (χ0n) is 16.6. The number of aromatic amines is 1. The number of rotatable bonds is 5. The highest BCUT2D eigenvalue weighted by Crippen LogP contribution is 2.29. The average molecular weight is 423 g/mol. The first-order valence-electron chi connectivity index (χ1n) is 10.0. The van der Waals surface area contributed by atoms with Gasteiger partial charge in [0, 0.05) is 25.8 Å². The molecule has 0 amide bonds. The van der Waals surface area contributed by atoms with E-state index in [1.807, 2.05) is 24.3 Å². The smallest absolute Gasteiger partial charge is 0.328 e. The van der Waals surface area contributed by atoms with E-state index in [1.165, 1.54) is 21.5 Å². The summed E-state index contributed by atoms with van der Waals surface area (Å²) < 4.78 is 8.11. The molecule has 0 unspecified atom stereocenters. The van der Waals surface area contributed by atoms with Crippen molar-refractivity contribution >= 4 is 31.8 Å². The van der Waals surface area contributed by atoms with Crippen molar-refractivity contribution in [1.29, 1.82) is 0 Å². The lowest BCUT2D eigenvalue weighted by atomic mass is 9.98. The number of likely N-dealkylation sites (tertiary alicyclic amines) is 1. The summed E-state index contributed by atoms with van der Waals surface area (Å²) in [6.45, 7) is 2.90. The van der Waals surface area contributed by atoms with Crippen molar-refractivity contribution in [2.45, 2.75) is 18.9 Å². The van der Waals surface area contributed by atoms with Crippen LogP contribution in [0.3, 0.4) is 0 Å². The number of pyridine rings is 1. The van der Waals surface area contributed by atoms with Crippen molar-refractivity contribution in [1.82, 2.24) is 19.4 Å². The van der Waals surface area contributed by atoms with Crippen LogP contribution in [-0.4, -0.2) is 46.2 Å². The molecule has 0 bridgehead atoms. The summed E-state index contributed by atoms with van der Waals surface area (Å²) in [6.07, 6.45) is 2.73. The van der Waals surface area contributed by atoms with Crippen LogP contribution in [0.2, 0.25) is 0 Å². The molecule has 1 aliphatic rings. The number of benzene rings is 1. The third-order valence-corrected chi connectivity index (χ3v) is 6.97. The highest BCUT2D eigenvalue weighted by Gasteiger charge is 2.24. The van der Waals surface area contributed by atoms with Crippen LogP contribution < -0.4 is 16.0 Å². The molecule has 4 heterocycles. The number of aromatic nitrogens is 3. The van der Waals surface area contributed by atoms with E-state index in [4.69, 9.17) is 4.74 Å². The van der Waals surface area contributed by atoms with E-state index in [1.54, 1.807) is 13.3 Å². The summed E-state index contributed by atoms with van der Waals surface area (Å²) in [5.41, 5.74) is 1.88. The van der Waals surface area contributed by atoms with Crippen molar-refractivity contribution in [2.75, 3.05) is 26.7 Å². The predicted molar refractivity (Wildman–Crippen MR) is 119 cm³/mol. The number of ether oxygens (including phenoxy) is 1. The number of methoxy groups -OCH3 is 1. The van der Waals surface area contributed by atoms with E-state index < -0.39 is 0 Å². The first-order valence-corrected chi connectivity index (χ1v) is 10.8. The van der Waals surface area contributed by atoms with Gasteiger partial charge >= 0.3 is 5.69 Å². The monoisotopic (exact) mass is 422 g/mol. The number of H-pyrrole nitrogens is 1. The quantitative estimate of drug-likeness (QED) is 0.535. The Kier molecular flexibility index (Phi) is 4.88. The minimum absolute atomic E-state index is 0.236. The lowest BCUT2D eigenvalue weighted by molar-refractivity contribution is 0.314. The molecule has 3 aromatic heterocycles. The van der Waals surface area contributed by atoms with Gasteiger partial charge in [-0.3, -0.25) is 14.3 Å². The third kappa shape index (κ3) is 3.32. The maximum absolute atomic E-state index is 13.0. The molecule has 1 atom stereocenters. The second kappa shape index (κ2) is 7.70. The highest BCUT2D eigenvalue weighted by atomic mass is 32.1. The van der Waals surface area contributed by atoms with E-state index in [0.717, 1.165) is 30.0 Å². The van der Waals surface area contributed by atoms with Gasteiger partial charge in [-0.05, 0) is 48.7 Å². The molecular formula is C22H22N4O3S. The summed E-state index contributed by atoms with van der Waals surface area (Å²) >= 11 is 1.38. The SMILES string of the molecule is COc1cccc([C@H]2CCN(CCn3c(=O)[nH]c4c(sc5cccnc54)c3=O)C2)c1. The Balaban J connectivity index is 1.35. The summed E-state index contributed by atoms with van der Waals surface area (Å²) in [6, 6.07) is 11.9. The van der Waals surface area contributed by atoms with Crippen molar-refractivity contribution in [3.63, 3.8) is 0 Å². The average Bonchev–Trinajstić information content (AvgIpc) is 3.39. The molecule has 1 saturated heterocycles. The van der Waals surface area contributed by atoms with Gasteiger partial charge in [0.25, 0.3) is 5.56 Å². The number of hydrogen-bond donors (Lipinski definition) is 1. The number of hydrogen-bond acceptors (Lipinski definition) is 6. The molecule has 1 aliphatic heterocycles. The van der Waals surface area contributed by atoms with Gasteiger partial charge in [0.15, 0.2) is 0 Å². The first kappa shape index (κ1) is 19.0. The minimum atomic E-state index is -0.374. The van der Waals surface area contributed by atoms with Crippen LogP contribution in [0.15, 0.2) is 52.2 Å². The highest BCUT2D eigenvalue weighted by molar-refractivity contribution is 7.25. The third-order valence-electron chi connectivity index (χ3n) is 5.84.